The van der Waals surface area contributed by atoms with Gasteiger partial charge in [0.2, 0.25) is 0 Å². The lowest BCUT2D eigenvalue weighted by Crippen LogP contribution is -2.15. The summed E-state index contributed by atoms with van der Waals surface area (Å²) in [6, 6.07) is 24.3. The first-order valence-corrected chi connectivity index (χ1v) is 9.09. The van der Waals surface area contributed by atoms with Crippen LogP contribution in [0.25, 0.3) is 28.1 Å². The smallest absolute Gasteiger partial charge is 0.279 e. The molecule has 0 saturated heterocycles. The number of nitrogens with zero attached hydrogens (tertiary/aromatic N) is 1. The van der Waals surface area contributed by atoms with E-state index in [1.165, 1.54) is 11.1 Å². The molecule has 1 N–H and O–H groups in total. The fourth-order valence-electron chi connectivity index (χ4n) is 3.30. The van der Waals surface area contributed by atoms with Crippen molar-refractivity contribution in [1.82, 2.24) is 9.78 Å². The van der Waals surface area contributed by atoms with Gasteiger partial charge in [-0.1, -0.05) is 71.8 Å². The van der Waals surface area contributed by atoms with Gasteiger partial charge in [-0.15, -0.1) is 0 Å². The second kappa shape index (κ2) is 6.76. The van der Waals surface area contributed by atoms with Crippen molar-refractivity contribution in [1.29, 1.82) is 0 Å². The molecule has 3 nitrogen and oxygen atoms in total. The summed E-state index contributed by atoms with van der Waals surface area (Å²) in [4.78, 5) is 13.4. The molecule has 4 aromatic rings. The van der Waals surface area contributed by atoms with Crippen LogP contribution in [0.1, 0.15) is 16.7 Å². The molecule has 1 aromatic heterocycles. The summed E-state index contributed by atoms with van der Waals surface area (Å²) in [6.45, 7) is 6.14. The number of nitrogens with one attached hydrogen (secondary N) is 1. The molecular formula is C24H22N2O. The van der Waals surface area contributed by atoms with Crippen molar-refractivity contribution in [3.8, 4) is 28.1 Å². The average molecular weight is 354 g/mol. The molecule has 0 aliphatic rings. The van der Waals surface area contributed by atoms with Gasteiger partial charge in [0.25, 0.3) is 5.56 Å². The van der Waals surface area contributed by atoms with Crippen LogP contribution in [0.2, 0.25) is 0 Å². The predicted molar refractivity (Wildman–Crippen MR) is 111 cm³/mol. The third-order valence-corrected chi connectivity index (χ3v) is 4.83. The summed E-state index contributed by atoms with van der Waals surface area (Å²) < 4.78 is 1.64. The number of H-pyrrole nitrogens is 1. The molecule has 0 unspecified atom stereocenters. The summed E-state index contributed by atoms with van der Waals surface area (Å²) in [5.41, 5.74) is 7.73. The Morgan fingerprint density at radius 1 is 0.704 bits per heavy atom. The highest BCUT2D eigenvalue weighted by Gasteiger charge is 2.18. The zero-order valence-corrected chi connectivity index (χ0v) is 15.8. The van der Waals surface area contributed by atoms with Crippen LogP contribution in [0.5, 0.6) is 0 Å². The number of hydrogen-bond acceptors (Lipinski definition) is 1. The second-order valence-electron chi connectivity index (χ2n) is 7.07. The fourth-order valence-corrected chi connectivity index (χ4v) is 3.30. The predicted octanol–water partition coefficient (Wildman–Crippen LogP) is 5.42. The summed E-state index contributed by atoms with van der Waals surface area (Å²) in [5.74, 6) is 0. The van der Waals surface area contributed by atoms with Crippen LogP contribution in [0, 0.1) is 20.8 Å². The van der Waals surface area contributed by atoms with Gasteiger partial charge >= 0.3 is 0 Å². The van der Waals surface area contributed by atoms with Gasteiger partial charge < -0.3 is 0 Å². The SMILES string of the molecule is Cc1ccc(-c2[nH]n(-c3cccc(C)c3)c(=O)c2-c2ccc(C)cc2)cc1. The molecule has 27 heavy (non-hydrogen) atoms. The number of hydrogen-bond donors (Lipinski definition) is 1. The summed E-state index contributed by atoms with van der Waals surface area (Å²) in [5, 5.41) is 3.35. The molecule has 0 radical (unpaired) electrons. The molecule has 0 aliphatic heterocycles. The average Bonchev–Trinajstić information content (AvgIpc) is 3.00. The molecule has 3 aromatic carbocycles. The third kappa shape index (κ3) is 3.24. The molecule has 134 valence electrons. The molecule has 0 aliphatic carbocycles. The zero-order chi connectivity index (χ0) is 19.0. The number of benzene rings is 3. The van der Waals surface area contributed by atoms with Crippen LogP contribution in [-0.2, 0) is 0 Å². The van der Waals surface area contributed by atoms with Crippen molar-refractivity contribution in [2.75, 3.05) is 0 Å². The lowest BCUT2D eigenvalue weighted by molar-refractivity contribution is 0.852. The van der Waals surface area contributed by atoms with E-state index in [0.29, 0.717) is 5.56 Å². The maximum atomic E-state index is 13.4. The van der Waals surface area contributed by atoms with Gasteiger partial charge in [0.1, 0.15) is 0 Å². The van der Waals surface area contributed by atoms with E-state index < -0.39 is 0 Å². The van der Waals surface area contributed by atoms with Crippen LogP contribution in [0.3, 0.4) is 0 Å². The molecule has 0 atom stereocenters. The van der Waals surface area contributed by atoms with Crippen molar-refractivity contribution >= 4 is 0 Å². The van der Waals surface area contributed by atoms with Crippen molar-refractivity contribution in [3.05, 3.63) is 99.8 Å². The quantitative estimate of drug-likeness (QED) is 0.524. The van der Waals surface area contributed by atoms with E-state index in [4.69, 9.17) is 0 Å². The Labute approximate surface area is 158 Å². The first kappa shape index (κ1) is 17.1. The molecular weight excluding hydrogens is 332 g/mol. The topological polar surface area (TPSA) is 37.8 Å². The second-order valence-corrected chi connectivity index (χ2v) is 7.07. The first-order chi connectivity index (χ1) is 13.0. The normalized spacial score (nSPS) is 10.9. The highest BCUT2D eigenvalue weighted by Crippen LogP contribution is 2.29. The van der Waals surface area contributed by atoms with Gasteiger partial charge in [0.05, 0.1) is 16.9 Å². The van der Waals surface area contributed by atoms with E-state index in [2.05, 4.69) is 36.3 Å². The highest BCUT2D eigenvalue weighted by molar-refractivity contribution is 5.80. The van der Waals surface area contributed by atoms with Crippen molar-refractivity contribution < 1.29 is 0 Å². The highest BCUT2D eigenvalue weighted by atomic mass is 16.1. The van der Waals surface area contributed by atoms with Crippen LogP contribution >= 0.6 is 0 Å². The van der Waals surface area contributed by atoms with E-state index >= 15 is 0 Å². The summed E-state index contributed by atoms with van der Waals surface area (Å²) in [7, 11) is 0. The van der Waals surface area contributed by atoms with Crippen LogP contribution in [0.15, 0.2) is 77.6 Å². The van der Waals surface area contributed by atoms with E-state index in [1.807, 2.05) is 62.4 Å². The van der Waals surface area contributed by atoms with Gasteiger partial charge in [-0.05, 0) is 44.0 Å². The zero-order valence-electron chi connectivity index (χ0n) is 15.8. The fraction of sp³-hybridized carbons (Fsp3) is 0.125. The number of aryl methyl sites for hydroxylation is 3. The van der Waals surface area contributed by atoms with Crippen LogP contribution < -0.4 is 5.56 Å². The van der Waals surface area contributed by atoms with Crippen LogP contribution in [0.4, 0.5) is 0 Å². The van der Waals surface area contributed by atoms with Crippen molar-refractivity contribution in [3.63, 3.8) is 0 Å². The first-order valence-electron chi connectivity index (χ1n) is 9.09. The molecule has 0 saturated carbocycles. The minimum absolute atomic E-state index is 0.0416. The number of aromatic amines is 1. The van der Waals surface area contributed by atoms with E-state index in [1.54, 1.807) is 4.68 Å². The van der Waals surface area contributed by atoms with Crippen molar-refractivity contribution in [2.24, 2.45) is 0 Å². The molecule has 0 amide bonds. The van der Waals surface area contributed by atoms with Crippen molar-refractivity contribution in [2.45, 2.75) is 20.8 Å². The molecule has 0 fully saturated rings. The Morgan fingerprint density at radius 2 is 1.30 bits per heavy atom. The van der Waals surface area contributed by atoms with Gasteiger partial charge in [-0.2, -0.15) is 0 Å². The number of aromatic nitrogens is 2. The van der Waals surface area contributed by atoms with E-state index in [0.717, 1.165) is 28.1 Å². The Balaban J connectivity index is 1.98. The number of rotatable bonds is 3. The Hall–Kier alpha value is -3.33. The minimum atomic E-state index is -0.0416. The standard InChI is InChI=1S/C24H22N2O/c1-16-7-11-19(12-8-16)22-23(20-13-9-17(2)10-14-20)25-26(24(22)27)21-6-4-5-18(3)15-21/h4-15,25H,1-3H3. The molecule has 0 spiro atoms. The Morgan fingerprint density at radius 3 is 1.89 bits per heavy atom. The summed E-state index contributed by atoms with van der Waals surface area (Å²) >= 11 is 0. The van der Waals surface area contributed by atoms with Gasteiger partial charge in [-0.3, -0.25) is 9.89 Å². The minimum Gasteiger partial charge on any atom is -0.290 e. The largest absolute Gasteiger partial charge is 0.290 e. The molecule has 4 rings (SSSR count). The molecule has 1 heterocycles. The third-order valence-electron chi connectivity index (χ3n) is 4.83. The maximum absolute atomic E-state index is 13.4. The monoisotopic (exact) mass is 354 g/mol. The van der Waals surface area contributed by atoms with Gasteiger partial charge in [0, 0.05) is 5.56 Å². The molecule has 0 bridgehead atoms. The lowest BCUT2D eigenvalue weighted by Gasteiger charge is -2.04. The van der Waals surface area contributed by atoms with Crippen LogP contribution in [-0.4, -0.2) is 9.78 Å². The lowest BCUT2D eigenvalue weighted by atomic mass is 10.00. The molecule has 3 heteroatoms. The van der Waals surface area contributed by atoms with Gasteiger partial charge in [0.15, 0.2) is 0 Å². The Kier molecular flexibility index (Phi) is 4.28. The Bertz CT molecular complexity index is 1150. The summed E-state index contributed by atoms with van der Waals surface area (Å²) in [6.07, 6.45) is 0. The van der Waals surface area contributed by atoms with Gasteiger partial charge in [-0.25, -0.2) is 4.68 Å². The maximum Gasteiger partial charge on any atom is 0.279 e. The van der Waals surface area contributed by atoms with E-state index in [-0.39, 0.29) is 5.56 Å². The van der Waals surface area contributed by atoms with E-state index in [9.17, 15) is 4.79 Å².